The van der Waals surface area contributed by atoms with E-state index in [0.29, 0.717) is 30.3 Å². The standard InChI is InChI=1S/C22H32N2O2.ClH/c1-15-4-6-17(7-5-15)22-18(3-2-10-26-22)14-23-21(25)13-16-11-19-8-9-20(12-16)24-19;/h4-7,16,18-20,22,24H,2-3,8-14H2,1H3,(H,23,25);1H. The van der Waals surface area contributed by atoms with Gasteiger partial charge in [0, 0.05) is 37.6 Å². The lowest BCUT2D eigenvalue weighted by Gasteiger charge is -2.33. The number of benzene rings is 1. The van der Waals surface area contributed by atoms with Crippen molar-refractivity contribution in [1.82, 2.24) is 10.6 Å². The van der Waals surface area contributed by atoms with E-state index in [-0.39, 0.29) is 24.4 Å². The topological polar surface area (TPSA) is 50.4 Å². The molecular formula is C22H33ClN2O2. The van der Waals surface area contributed by atoms with Crippen molar-refractivity contribution in [3.63, 3.8) is 0 Å². The Hall–Kier alpha value is -1.10. The van der Waals surface area contributed by atoms with Gasteiger partial charge in [-0.2, -0.15) is 0 Å². The first kappa shape index (κ1) is 20.6. The number of carbonyl (C=O) groups excluding carboxylic acids is 1. The Bertz CT molecular complexity index is 609. The van der Waals surface area contributed by atoms with Gasteiger partial charge in [0.2, 0.25) is 5.91 Å². The number of ether oxygens (including phenoxy) is 1. The van der Waals surface area contributed by atoms with Gasteiger partial charge in [0.15, 0.2) is 0 Å². The zero-order valence-electron chi connectivity index (χ0n) is 16.3. The predicted octanol–water partition coefficient (Wildman–Crippen LogP) is 3.92. The van der Waals surface area contributed by atoms with E-state index in [4.69, 9.17) is 4.74 Å². The highest BCUT2D eigenvalue weighted by atomic mass is 35.5. The molecule has 27 heavy (non-hydrogen) atoms. The van der Waals surface area contributed by atoms with E-state index in [1.54, 1.807) is 0 Å². The average Bonchev–Trinajstić information content (AvgIpc) is 2.99. The van der Waals surface area contributed by atoms with Gasteiger partial charge in [0.05, 0.1) is 6.10 Å². The molecule has 2 N–H and O–H groups in total. The number of rotatable bonds is 5. The molecule has 3 heterocycles. The second-order valence-corrected chi connectivity index (χ2v) is 8.59. The average molecular weight is 393 g/mol. The first-order valence-electron chi connectivity index (χ1n) is 10.4. The summed E-state index contributed by atoms with van der Waals surface area (Å²) >= 11 is 0. The van der Waals surface area contributed by atoms with E-state index in [9.17, 15) is 4.79 Å². The largest absolute Gasteiger partial charge is 0.373 e. The fourth-order valence-corrected chi connectivity index (χ4v) is 5.10. The second-order valence-electron chi connectivity index (χ2n) is 8.59. The molecular weight excluding hydrogens is 360 g/mol. The minimum Gasteiger partial charge on any atom is -0.373 e. The lowest BCUT2D eigenvalue weighted by molar-refractivity contribution is -0.123. The molecule has 4 rings (SSSR count). The van der Waals surface area contributed by atoms with Gasteiger partial charge in [-0.3, -0.25) is 4.79 Å². The zero-order chi connectivity index (χ0) is 17.9. The van der Waals surface area contributed by atoms with Crippen LogP contribution in [-0.2, 0) is 9.53 Å². The maximum absolute atomic E-state index is 12.5. The summed E-state index contributed by atoms with van der Waals surface area (Å²) in [4.78, 5) is 12.5. The maximum Gasteiger partial charge on any atom is 0.220 e. The van der Waals surface area contributed by atoms with Crippen LogP contribution in [0.4, 0.5) is 0 Å². The van der Waals surface area contributed by atoms with E-state index in [2.05, 4.69) is 41.8 Å². The zero-order valence-corrected chi connectivity index (χ0v) is 17.1. The number of piperidine rings is 1. The van der Waals surface area contributed by atoms with Crippen molar-refractivity contribution >= 4 is 18.3 Å². The number of halogens is 1. The summed E-state index contributed by atoms with van der Waals surface area (Å²) < 4.78 is 6.08. The molecule has 5 heteroatoms. The Labute approximate surface area is 169 Å². The molecule has 0 spiro atoms. The van der Waals surface area contributed by atoms with Gasteiger partial charge in [-0.1, -0.05) is 29.8 Å². The van der Waals surface area contributed by atoms with Gasteiger partial charge >= 0.3 is 0 Å². The minimum atomic E-state index is 0. The Morgan fingerprint density at radius 3 is 2.56 bits per heavy atom. The van der Waals surface area contributed by atoms with E-state index in [1.807, 2.05) is 0 Å². The third-order valence-electron chi connectivity index (χ3n) is 6.46. The third-order valence-corrected chi connectivity index (χ3v) is 6.46. The summed E-state index contributed by atoms with van der Waals surface area (Å²) in [5.41, 5.74) is 2.51. The van der Waals surface area contributed by atoms with Gasteiger partial charge < -0.3 is 15.4 Å². The van der Waals surface area contributed by atoms with Gasteiger partial charge in [-0.05, 0) is 56.9 Å². The van der Waals surface area contributed by atoms with Crippen LogP contribution in [0.15, 0.2) is 24.3 Å². The Kier molecular flexibility index (Phi) is 7.18. The van der Waals surface area contributed by atoms with Crippen LogP contribution in [-0.4, -0.2) is 31.1 Å². The Balaban J connectivity index is 0.00000210. The van der Waals surface area contributed by atoms with Gasteiger partial charge in [-0.15, -0.1) is 12.4 Å². The molecule has 150 valence electrons. The fourth-order valence-electron chi connectivity index (χ4n) is 5.10. The Morgan fingerprint density at radius 2 is 1.85 bits per heavy atom. The van der Waals surface area contributed by atoms with Gasteiger partial charge in [0.1, 0.15) is 0 Å². The summed E-state index contributed by atoms with van der Waals surface area (Å²) in [7, 11) is 0. The monoisotopic (exact) mass is 392 g/mol. The molecule has 4 unspecified atom stereocenters. The lowest BCUT2D eigenvalue weighted by Crippen LogP contribution is -2.40. The summed E-state index contributed by atoms with van der Waals surface area (Å²) in [5.74, 6) is 1.16. The first-order valence-corrected chi connectivity index (χ1v) is 10.4. The van der Waals surface area contributed by atoms with E-state index in [0.717, 1.165) is 26.0 Å². The quantitative estimate of drug-likeness (QED) is 0.798. The van der Waals surface area contributed by atoms with Crippen LogP contribution in [0.1, 0.15) is 62.2 Å². The highest BCUT2D eigenvalue weighted by Gasteiger charge is 2.34. The molecule has 4 nitrogen and oxygen atoms in total. The molecule has 3 aliphatic rings. The highest BCUT2D eigenvalue weighted by Crippen LogP contribution is 2.34. The molecule has 3 fully saturated rings. The van der Waals surface area contributed by atoms with Crippen molar-refractivity contribution in [3.05, 3.63) is 35.4 Å². The molecule has 2 bridgehead atoms. The van der Waals surface area contributed by atoms with Crippen molar-refractivity contribution in [2.75, 3.05) is 13.2 Å². The van der Waals surface area contributed by atoms with Crippen molar-refractivity contribution in [2.24, 2.45) is 11.8 Å². The maximum atomic E-state index is 12.5. The Morgan fingerprint density at radius 1 is 1.15 bits per heavy atom. The molecule has 0 radical (unpaired) electrons. The van der Waals surface area contributed by atoms with Crippen molar-refractivity contribution in [1.29, 1.82) is 0 Å². The number of nitrogens with one attached hydrogen (secondary N) is 2. The molecule has 4 atom stereocenters. The van der Waals surface area contributed by atoms with E-state index in [1.165, 1.54) is 36.8 Å². The van der Waals surface area contributed by atoms with E-state index < -0.39 is 0 Å². The van der Waals surface area contributed by atoms with Crippen molar-refractivity contribution in [3.8, 4) is 0 Å². The summed E-state index contributed by atoms with van der Waals surface area (Å²) in [6.45, 7) is 3.66. The molecule has 0 saturated carbocycles. The summed E-state index contributed by atoms with van der Waals surface area (Å²) in [5, 5.41) is 6.88. The molecule has 3 saturated heterocycles. The van der Waals surface area contributed by atoms with Crippen LogP contribution in [0, 0.1) is 18.8 Å². The van der Waals surface area contributed by atoms with Crippen molar-refractivity contribution in [2.45, 2.75) is 70.1 Å². The van der Waals surface area contributed by atoms with Gasteiger partial charge in [0.25, 0.3) is 0 Å². The second kappa shape index (κ2) is 9.40. The van der Waals surface area contributed by atoms with Gasteiger partial charge in [-0.25, -0.2) is 0 Å². The molecule has 1 aromatic rings. The van der Waals surface area contributed by atoms with Crippen LogP contribution in [0.25, 0.3) is 0 Å². The highest BCUT2D eigenvalue weighted by molar-refractivity contribution is 5.85. The number of amides is 1. The molecule has 3 aliphatic heterocycles. The van der Waals surface area contributed by atoms with Crippen molar-refractivity contribution < 1.29 is 9.53 Å². The smallest absolute Gasteiger partial charge is 0.220 e. The number of fused-ring (bicyclic) bond motifs is 2. The fraction of sp³-hybridized carbons (Fsp3) is 0.682. The van der Waals surface area contributed by atoms with Crippen LogP contribution < -0.4 is 10.6 Å². The van der Waals surface area contributed by atoms with Crippen LogP contribution in [0.3, 0.4) is 0 Å². The molecule has 1 aromatic carbocycles. The normalized spacial score (nSPS) is 32.6. The number of hydrogen-bond acceptors (Lipinski definition) is 3. The third kappa shape index (κ3) is 5.24. The van der Waals surface area contributed by atoms with E-state index >= 15 is 0 Å². The van der Waals surface area contributed by atoms with Crippen LogP contribution in [0.5, 0.6) is 0 Å². The summed E-state index contributed by atoms with van der Waals surface area (Å²) in [6.07, 6.45) is 7.93. The lowest BCUT2D eigenvalue weighted by atomic mass is 9.88. The summed E-state index contributed by atoms with van der Waals surface area (Å²) in [6, 6.07) is 9.95. The number of carbonyl (C=O) groups is 1. The first-order chi connectivity index (χ1) is 12.7. The minimum absolute atomic E-state index is 0. The molecule has 0 aliphatic carbocycles. The number of aryl methyl sites for hydroxylation is 1. The van der Waals surface area contributed by atoms with Crippen LogP contribution in [0.2, 0.25) is 0 Å². The van der Waals surface area contributed by atoms with Crippen LogP contribution >= 0.6 is 12.4 Å². The SMILES string of the molecule is Cc1ccc(C2OCCCC2CNC(=O)CC2CC3CCC(C2)N3)cc1.Cl. The molecule has 1 amide bonds. The number of hydrogen-bond donors (Lipinski definition) is 2. The molecule has 0 aromatic heterocycles. The predicted molar refractivity (Wildman–Crippen MR) is 110 cm³/mol.